The maximum Gasteiger partial charge on any atom is 0.327 e. The fourth-order valence-electron chi connectivity index (χ4n) is 2.22. The van der Waals surface area contributed by atoms with Gasteiger partial charge in [-0.25, -0.2) is 4.79 Å². The number of nitrogens with zero attached hydrogens (tertiary/aromatic N) is 2. The molecule has 0 aliphatic carbocycles. The van der Waals surface area contributed by atoms with Gasteiger partial charge in [0.05, 0.1) is 0 Å². The van der Waals surface area contributed by atoms with Crippen molar-refractivity contribution in [3.63, 3.8) is 0 Å². The van der Waals surface area contributed by atoms with E-state index in [1.807, 2.05) is 13.8 Å². The molecule has 1 aliphatic rings. The van der Waals surface area contributed by atoms with E-state index in [0.29, 0.717) is 6.54 Å². The van der Waals surface area contributed by atoms with Crippen molar-refractivity contribution in [2.75, 3.05) is 6.54 Å². The van der Waals surface area contributed by atoms with Crippen LogP contribution >= 0.6 is 0 Å². The lowest BCUT2D eigenvalue weighted by molar-refractivity contribution is -0.156. The minimum absolute atomic E-state index is 0.286. The van der Waals surface area contributed by atoms with Crippen LogP contribution in [0.15, 0.2) is 24.4 Å². The number of carbonyl (C=O) groups is 2. The molecule has 1 aromatic rings. The Balaban J connectivity index is 2.21. The first kappa shape index (κ1) is 11.6. The summed E-state index contributed by atoms with van der Waals surface area (Å²) >= 11 is 0. The van der Waals surface area contributed by atoms with Gasteiger partial charge in [0.1, 0.15) is 11.7 Å². The molecule has 1 N–H and O–H groups in total. The van der Waals surface area contributed by atoms with Gasteiger partial charge in [0, 0.05) is 18.2 Å². The lowest BCUT2D eigenvalue weighted by Gasteiger charge is -2.51. The maximum absolute atomic E-state index is 12.0. The van der Waals surface area contributed by atoms with Gasteiger partial charge in [-0.2, -0.15) is 0 Å². The number of hydrogen-bond donors (Lipinski definition) is 1. The van der Waals surface area contributed by atoms with Gasteiger partial charge < -0.3 is 10.0 Å². The van der Waals surface area contributed by atoms with Crippen molar-refractivity contribution in [3.05, 3.63) is 30.1 Å². The Labute approximate surface area is 99.1 Å². The van der Waals surface area contributed by atoms with Crippen molar-refractivity contribution in [1.82, 2.24) is 9.88 Å². The van der Waals surface area contributed by atoms with E-state index in [1.54, 1.807) is 18.2 Å². The lowest BCUT2D eigenvalue weighted by Crippen LogP contribution is -2.67. The van der Waals surface area contributed by atoms with Gasteiger partial charge in [-0.05, 0) is 12.1 Å². The molecule has 1 saturated heterocycles. The molecule has 0 saturated carbocycles. The van der Waals surface area contributed by atoms with Crippen LogP contribution in [0.2, 0.25) is 0 Å². The summed E-state index contributed by atoms with van der Waals surface area (Å²) in [6.07, 6.45) is 1.52. The molecule has 90 valence electrons. The van der Waals surface area contributed by atoms with Crippen LogP contribution < -0.4 is 0 Å². The summed E-state index contributed by atoms with van der Waals surface area (Å²) in [5.41, 5.74) is -0.0924. The summed E-state index contributed by atoms with van der Waals surface area (Å²) in [5.74, 6) is -1.29. The second-order valence-corrected chi connectivity index (χ2v) is 4.88. The zero-order valence-electron chi connectivity index (χ0n) is 9.75. The molecule has 17 heavy (non-hydrogen) atoms. The molecule has 5 heteroatoms. The zero-order valence-corrected chi connectivity index (χ0v) is 9.75. The molecule has 0 aromatic carbocycles. The Hall–Kier alpha value is -1.91. The molecule has 1 fully saturated rings. The molecule has 0 spiro atoms. The Bertz CT molecular complexity index is 456. The number of aromatic nitrogens is 1. The molecule has 0 unspecified atom stereocenters. The van der Waals surface area contributed by atoms with Crippen molar-refractivity contribution in [2.45, 2.75) is 19.9 Å². The highest BCUT2D eigenvalue weighted by molar-refractivity contribution is 5.96. The first-order valence-electron chi connectivity index (χ1n) is 5.38. The quantitative estimate of drug-likeness (QED) is 0.829. The highest BCUT2D eigenvalue weighted by atomic mass is 16.4. The minimum Gasteiger partial charge on any atom is -0.480 e. The van der Waals surface area contributed by atoms with E-state index in [0.717, 1.165) is 0 Å². The number of amides is 1. The Morgan fingerprint density at radius 2 is 2.18 bits per heavy atom. The van der Waals surface area contributed by atoms with Crippen molar-refractivity contribution < 1.29 is 14.7 Å². The average Bonchev–Trinajstić information content (AvgIpc) is 2.25. The van der Waals surface area contributed by atoms with Crippen LogP contribution in [0, 0.1) is 5.41 Å². The molecule has 2 rings (SSSR count). The molecule has 1 aliphatic heterocycles. The van der Waals surface area contributed by atoms with Gasteiger partial charge in [0.15, 0.2) is 0 Å². The Morgan fingerprint density at radius 3 is 2.65 bits per heavy atom. The van der Waals surface area contributed by atoms with E-state index in [9.17, 15) is 9.59 Å². The summed E-state index contributed by atoms with van der Waals surface area (Å²) in [5, 5.41) is 9.12. The first-order chi connectivity index (χ1) is 7.93. The largest absolute Gasteiger partial charge is 0.480 e. The minimum atomic E-state index is -0.967. The normalized spacial score (nSPS) is 21.8. The van der Waals surface area contributed by atoms with Crippen LogP contribution in [0.1, 0.15) is 24.3 Å². The number of carboxylic acids is 1. The van der Waals surface area contributed by atoms with Crippen LogP contribution in [0.25, 0.3) is 0 Å². The summed E-state index contributed by atoms with van der Waals surface area (Å²) < 4.78 is 0. The molecule has 2 heterocycles. The first-order valence-corrected chi connectivity index (χ1v) is 5.38. The van der Waals surface area contributed by atoms with Crippen LogP contribution in [-0.2, 0) is 4.79 Å². The predicted octanol–water partition coefficient (Wildman–Crippen LogP) is 1.02. The van der Waals surface area contributed by atoms with E-state index < -0.39 is 12.0 Å². The van der Waals surface area contributed by atoms with Crippen LogP contribution in [0.5, 0.6) is 0 Å². The number of carboxylic acid groups (broad SMARTS) is 1. The SMILES string of the molecule is CC1(C)CN(C(=O)c2ccccn2)[C@@H]1C(=O)O. The highest BCUT2D eigenvalue weighted by Crippen LogP contribution is 2.37. The number of carbonyl (C=O) groups excluding carboxylic acids is 1. The van der Waals surface area contributed by atoms with Gasteiger partial charge in [-0.1, -0.05) is 19.9 Å². The molecule has 1 aromatic heterocycles. The van der Waals surface area contributed by atoms with Crippen LogP contribution in [0.4, 0.5) is 0 Å². The van der Waals surface area contributed by atoms with E-state index >= 15 is 0 Å². The molecular formula is C12H14N2O3. The summed E-state index contributed by atoms with van der Waals surface area (Å²) in [4.78, 5) is 28.4. The third kappa shape index (κ3) is 1.88. The molecule has 1 amide bonds. The second kappa shape index (κ2) is 3.84. The van der Waals surface area contributed by atoms with E-state index in [2.05, 4.69) is 4.98 Å². The topological polar surface area (TPSA) is 70.5 Å². The molecular weight excluding hydrogens is 220 g/mol. The summed E-state index contributed by atoms with van der Waals surface area (Å²) in [7, 11) is 0. The summed E-state index contributed by atoms with van der Waals surface area (Å²) in [6.45, 7) is 4.13. The fraction of sp³-hybridized carbons (Fsp3) is 0.417. The van der Waals surface area contributed by atoms with Crippen molar-refractivity contribution in [2.24, 2.45) is 5.41 Å². The van der Waals surface area contributed by atoms with Gasteiger partial charge >= 0.3 is 5.97 Å². The number of likely N-dealkylation sites (tertiary alicyclic amines) is 1. The predicted molar refractivity (Wildman–Crippen MR) is 60.5 cm³/mol. The maximum atomic E-state index is 12.0. The van der Waals surface area contributed by atoms with Crippen molar-refractivity contribution in [3.8, 4) is 0 Å². The Morgan fingerprint density at radius 1 is 1.47 bits per heavy atom. The highest BCUT2D eigenvalue weighted by Gasteiger charge is 2.52. The fourth-order valence-corrected chi connectivity index (χ4v) is 2.22. The molecule has 0 bridgehead atoms. The van der Waals surface area contributed by atoms with Gasteiger partial charge in [0.25, 0.3) is 5.91 Å². The number of hydrogen-bond acceptors (Lipinski definition) is 3. The van der Waals surface area contributed by atoms with Crippen molar-refractivity contribution >= 4 is 11.9 Å². The monoisotopic (exact) mass is 234 g/mol. The third-order valence-electron chi connectivity index (χ3n) is 3.01. The van der Waals surface area contributed by atoms with Crippen LogP contribution in [0.3, 0.4) is 0 Å². The smallest absolute Gasteiger partial charge is 0.327 e. The van der Waals surface area contributed by atoms with Crippen molar-refractivity contribution in [1.29, 1.82) is 0 Å². The van der Waals surface area contributed by atoms with Gasteiger partial charge in [-0.15, -0.1) is 0 Å². The van der Waals surface area contributed by atoms with Crippen LogP contribution in [-0.4, -0.2) is 39.5 Å². The third-order valence-corrected chi connectivity index (χ3v) is 3.01. The summed E-state index contributed by atoms with van der Waals surface area (Å²) in [6, 6.07) is 4.25. The van der Waals surface area contributed by atoms with Gasteiger partial charge in [0.2, 0.25) is 0 Å². The Kier molecular flexibility index (Phi) is 2.61. The van der Waals surface area contributed by atoms with E-state index in [4.69, 9.17) is 5.11 Å². The standard InChI is InChI=1S/C12H14N2O3/c1-12(2)7-14(9(12)11(16)17)10(15)8-5-3-4-6-13-8/h3-6,9H,7H2,1-2H3,(H,16,17)/t9-/m1/s1. The second-order valence-electron chi connectivity index (χ2n) is 4.88. The van der Waals surface area contributed by atoms with E-state index in [-0.39, 0.29) is 17.0 Å². The lowest BCUT2D eigenvalue weighted by atomic mass is 9.74. The number of rotatable bonds is 2. The van der Waals surface area contributed by atoms with E-state index in [1.165, 1.54) is 11.1 Å². The molecule has 5 nitrogen and oxygen atoms in total. The number of pyridine rings is 1. The average molecular weight is 234 g/mol. The molecule has 1 atom stereocenters. The van der Waals surface area contributed by atoms with Gasteiger partial charge in [-0.3, -0.25) is 9.78 Å². The zero-order chi connectivity index (χ0) is 12.6. The number of aliphatic carboxylic acids is 1. The molecule has 0 radical (unpaired) electrons.